The van der Waals surface area contributed by atoms with E-state index in [0.717, 1.165) is 25.0 Å². The van der Waals surface area contributed by atoms with Crippen LogP contribution < -0.4 is 9.62 Å². The summed E-state index contributed by atoms with van der Waals surface area (Å²) in [6.45, 7) is 2.58. The maximum Gasteiger partial charge on any atom is 0.237 e. The summed E-state index contributed by atoms with van der Waals surface area (Å²) in [4.78, 5) is 15.8. The van der Waals surface area contributed by atoms with Gasteiger partial charge in [-0.2, -0.15) is 0 Å². The van der Waals surface area contributed by atoms with Crippen LogP contribution in [0.4, 0.5) is 5.69 Å². The smallest absolute Gasteiger partial charge is 0.237 e. The molecule has 1 amide bonds. The third kappa shape index (κ3) is 4.21. The van der Waals surface area contributed by atoms with Crippen LogP contribution in [0.5, 0.6) is 0 Å². The highest BCUT2D eigenvalue weighted by molar-refractivity contribution is 7.88. The molecule has 1 N–H and O–H groups in total. The lowest BCUT2D eigenvalue weighted by Crippen LogP contribution is -2.51. The van der Waals surface area contributed by atoms with Crippen LogP contribution >= 0.6 is 0 Å². The minimum atomic E-state index is -3.32. The van der Waals surface area contributed by atoms with Crippen LogP contribution in [0.25, 0.3) is 0 Å². The Hall–Kier alpha value is -1.60. The van der Waals surface area contributed by atoms with Crippen LogP contribution in [0.1, 0.15) is 0 Å². The summed E-state index contributed by atoms with van der Waals surface area (Å²) >= 11 is 0. The molecule has 0 saturated carbocycles. The van der Waals surface area contributed by atoms with E-state index in [1.165, 1.54) is 0 Å². The van der Waals surface area contributed by atoms with Crippen LogP contribution in [0.3, 0.4) is 0 Å². The molecule has 1 aliphatic rings. The molecule has 0 aromatic heterocycles. The van der Waals surface area contributed by atoms with Crippen molar-refractivity contribution in [1.29, 1.82) is 0 Å². The van der Waals surface area contributed by atoms with Crippen molar-refractivity contribution in [1.82, 2.24) is 9.62 Å². The first kappa shape index (κ1) is 14.8. The molecule has 6 nitrogen and oxygen atoms in total. The highest BCUT2D eigenvalue weighted by Gasteiger charge is 2.21. The van der Waals surface area contributed by atoms with Crippen molar-refractivity contribution in [3.8, 4) is 0 Å². The average Bonchev–Trinajstić information content (AvgIpc) is 2.45. The number of piperazine rings is 1. The standard InChI is InChI=1S/C13H19N3O3S/c1-20(18,19)14-11-13(17)16-9-7-15(8-10-16)12-5-3-2-4-6-12/h2-6,14H,7-11H2,1H3. The zero-order chi connectivity index (χ0) is 14.6. The van der Waals surface area contributed by atoms with Gasteiger partial charge in [-0.05, 0) is 12.1 Å². The summed E-state index contributed by atoms with van der Waals surface area (Å²) in [5.74, 6) is -0.178. The number of carbonyl (C=O) groups is 1. The second-order valence-corrected chi connectivity index (χ2v) is 6.63. The number of carbonyl (C=O) groups excluding carboxylic acids is 1. The van der Waals surface area contributed by atoms with Gasteiger partial charge in [-0.3, -0.25) is 4.79 Å². The maximum atomic E-state index is 11.9. The number of benzene rings is 1. The molecule has 110 valence electrons. The summed E-state index contributed by atoms with van der Waals surface area (Å²) < 4.78 is 24.2. The largest absolute Gasteiger partial charge is 0.368 e. The molecule has 0 bridgehead atoms. The topological polar surface area (TPSA) is 69.7 Å². The third-order valence-electron chi connectivity index (χ3n) is 3.24. The van der Waals surface area contributed by atoms with Gasteiger partial charge in [0.1, 0.15) is 0 Å². The van der Waals surface area contributed by atoms with Gasteiger partial charge < -0.3 is 9.80 Å². The quantitative estimate of drug-likeness (QED) is 0.841. The molecular formula is C13H19N3O3S. The van der Waals surface area contributed by atoms with Gasteiger partial charge in [-0.25, -0.2) is 13.1 Å². The summed E-state index contributed by atoms with van der Waals surface area (Å²) in [5.41, 5.74) is 1.15. The summed E-state index contributed by atoms with van der Waals surface area (Å²) in [6.07, 6.45) is 1.05. The van der Waals surface area contributed by atoms with E-state index in [0.29, 0.717) is 13.1 Å². The highest BCUT2D eigenvalue weighted by Crippen LogP contribution is 2.15. The van der Waals surface area contributed by atoms with Crippen molar-refractivity contribution in [2.24, 2.45) is 0 Å². The molecular weight excluding hydrogens is 278 g/mol. The molecule has 0 radical (unpaired) electrons. The molecule has 2 rings (SSSR count). The molecule has 1 aromatic rings. The minimum absolute atomic E-state index is 0.163. The average molecular weight is 297 g/mol. The number of hydrogen-bond donors (Lipinski definition) is 1. The predicted octanol–water partition coefficient (Wildman–Crippen LogP) is -0.116. The van der Waals surface area contributed by atoms with Crippen molar-refractivity contribution in [3.63, 3.8) is 0 Å². The van der Waals surface area contributed by atoms with Crippen LogP contribution in [-0.2, 0) is 14.8 Å². The molecule has 20 heavy (non-hydrogen) atoms. The van der Waals surface area contributed by atoms with Crippen LogP contribution in [0.2, 0.25) is 0 Å². The minimum Gasteiger partial charge on any atom is -0.368 e. The molecule has 1 aromatic carbocycles. The lowest BCUT2D eigenvalue weighted by molar-refractivity contribution is -0.130. The number of hydrogen-bond acceptors (Lipinski definition) is 4. The maximum absolute atomic E-state index is 11.9. The zero-order valence-corrected chi connectivity index (χ0v) is 12.3. The van der Waals surface area contributed by atoms with Gasteiger partial charge >= 0.3 is 0 Å². The van der Waals surface area contributed by atoms with Crippen LogP contribution in [-0.4, -0.2) is 58.2 Å². The monoisotopic (exact) mass is 297 g/mol. The van der Waals surface area contributed by atoms with E-state index in [4.69, 9.17) is 0 Å². The summed E-state index contributed by atoms with van der Waals surface area (Å²) in [6, 6.07) is 10.0. The Morgan fingerprint density at radius 2 is 1.75 bits per heavy atom. The molecule has 0 spiro atoms. The molecule has 0 atom stereocenters. The SMILES string of the molecule is CS(=O)(=O)NCC(=O)N1CCN(c2ccccc2)CC1. The number of amides is 1. The number of nitrogens with one attached hydrogen (secondary N) is 1. The number of sulfonamides is 1. The Balaban J connectivity index is 1.84. The molecule has 1 heterocycles. The van der Waals surface area contributed by atoms with Gasteiger partial charge in [-0.1, -0.05) is 18.2 Å². The summed E-state index contributed by atoms with van der Waals surface area (Å²) in [7, 11) is -3.32. The van der Waals surface area contributed by atoms with Gasteiger partial charge in [0.25, 0.3) is 0 Å². The Morgan fingerprint density at radius 3 is 2.30 bits per heavy atom. The second kappa shape index (κ2) is 6.23. The van der Waals surface area contributed by atoms with Gasteiger partial charge in [0.05, 0.1) is 12.8 Å². The van der Waals surface area contributed by atoms with Gasteiger partial charge in [0.15, 0.2) is 0 Å². The zero-order valence-electron chi connectivity index (χ0n) is 11.4. The van der Waals surface area contributed by atoms with Crippen molar-refractivity contribution in [2.45, 2.75) is 0 Å². The highest BCUT2D eigenvalue weighted by atomic mass is 32.2. The number of rotatable bonds is 4. The fourth-order valence-electron chi connectivity index (χ4n) is 2.16. The Labute approximate surface area is 119 Å². The van der Waals surface area contributed by atoms with E-state index < -0.39 is 10.0 Å². The van der Waals surface area contributed by atoms with E-state index >= 15 is 0 Å². The molecule has 1 fully saturated rings. The number of para-hydroxylation sites is 1. The summed E-state index contributed by atoms with van der Waals surface area (Å²) in [5, 5.41) is 0. The molecule has 1 saturated heterocycles. The number of nitrogens with zero attached hydrogens (tertiary/aromatic N) is 2. The van der Waals surface area contributed by atoms with Gasteiger partial charge in [-0.15, -0.1) is 0 Å². The fourth-order valence-corrected chi connectivity index (χ4v) is 2.54. The van der Waals surface area contributed by atoms with E-state index in [1.807, 2.05) is 30.3 Å². The first-order valence-electron chi connectivity index (χ1n) is 6.48. The van der Waals surface area contributed by atoms with Crippen molar-refractivity contribution in [2.75, 3.05) is 43.9 Å². The Kier molecular flexibility index (Phi) is 4.61. The second-order valence-electron chi connectivity index (χ2n) is 4.80. The van der Waals surface area contributed by atoms with E-state index in [-0.39, 0.29) is 12.5 Å². The van der Waals surface area contributed by atoms with Crippen molar-refractivity contribution < 1.29 is 13.2 Å². The van der Waals surface area contributed by atoms with Gasteiger partial charge in [0, 0.05) is 31.9 Å². The molecule has 7 heteroatoms. The van der Waals surface area contributed by atoms with E-state index in [9.17, 15) is 13.2 Å². The Bertz CT molecular complexity index is 551. The fraction of sp³-hybridized carbons (Fsp3) is 0.462. The number of anilines is 1. The van der Waals surface area contributed by atoms with Crippen LogP contribution in [0, 0.1) is 0 Å². The van der Waals surface area contributed by atoms with Crippen molar-refractivity contribution in [3.05, 3.63) is 30.3 Å². The van der Waals surface area contributed by atoms with Crippen LogP contribution in [0.15, 0.2) is 30.3 Å². The van der Waals surface area contributed by atoms with Crippen molar-refractivity contribution >= 4 is 21.6 Å². The molecule has 1 aliphatic heterocycles. The molecule has 0 aliphatic carbocycles. The lowest BCUT2D eigenvalue weighted by Gasteiger charge is -2.36. The first-order chi connectivity index (χ1) is 9.46. The normalized spacial score (nSPS) is 16.2. The third-order valence-corrected chi connectivity index (χ3v) is 3.91. The van der Waals surface area contributed by atoms with Gasteiger partial charge in [0.2, 0.25) is 15.9 Å². The first-order valence-corrected chi connectivity index (χ1v) is 8.37. The lowest BCUT2D eigenvalue weighted by atomic mass is 10.2. The Morgan fingerprint density at radius 1 is 1.15 bits per heavy atom. The molecule has 0 unspecified atom stereocenters. The van der Waals surface area contributed by atoms with E-state index in [2.05, 4.69) is 9.62 Å². The predicted molar refractivity (Wildman–Crippen MR) is 78.1 cm³/mol. The van der Waals surface area contributed by atoms with E-state index in [1.54, 1.807) is 4.90 Å².